The predicted molar refractivity (Wildman–Crippen MR) is 110 cm³/mol. The van der Waals surface area contributed by atoms with Gasteiger partial charge in [0.25, 0.3) is 5.91 Å². The number of Topliss-reactive ketones (excluding diaryl/α,β-unsaturated/α-hetero) is 1. The van der Waals surface area contributed by atoms with E-state index >= 15 is 0 Å². The number of benzene rings is 3. The molecule has 0 aliphatic rings. The van der Waals surface area contributed by atoms with Crippen molar-refractivity contribution in [3.8, 4) is 0 Å². The number of hydrogen-bond donors (Lipinski definition) is 1. The highest BCUT2D eigenvalue weighted by molar-refractivity contribution is 6.01. The highest BCUT2D eigenvalue weighted by Crippen LogP contribution is 2.22. The second-order valence-corrected chi connectivity index (χ2v) is 6.51. The lowest BCUT2D eigenvalue weighted by molar-refractivity contribution is -0.146. The number of nitrogens with one attached hydrogen (secondary N) is 1. The van der Waals surface area contributed by atoms with E-state index in [9.17, 15) is 14.4 Å². The zero-order valence-corrected chi connectivity index (χ0v) is 16.0. The first kappa shape index (κ1) is 20.0. The summed E-state index contributed by atoms with van der Waals surface area (Å²) in [6.45, 7) is 1.48. The Kier molecular flexibility index (Phi) is 6.53. The van der Waals surface area contributed by atoms with Crippen LogP contribution in [-0.4, -0.2) is 24.2 Å². The molecule has 0 aliphatic carbocycles. The summed E-state index contributed by atoms with van der Waals surface area (Å²) in [7, 11) is 0. The fourth-order valence-electron chi connectivity index (χ4n) is 2.90. The van der Waals surface area contributed by atoms with Crippen molar-refractivity contribution in [1.82, 2.24) is 5.32 Å². The summed E-state index contributed by atoms with van der Waals surface area (Å²) in [4.78, 5) is 37.6. The summed E-state index contributed by atoms with van der Waals surface area (Å²) < 4.78 is 5.47. The second kappa shape index (κ2) is 9.46. The largest absolute Gasteiger partial charge is 0.448 e. The Morgan fingerprint density at radius 2 is 1.41 bits per heavy atom. The molecule has 0 radical (unpaired) electrons. The van der Waals surface area contributed by atoms with Gasteiger partial charge in [-0.15, -0.1) is 0 Å². The fraction of sp³-hybridized carbons (Fsp3) is 0.125. The number of aryl methyl sites for hydroxylation is 1. The van der Waals surface area contributed by atoms with E-state index in [0.717, 1.165) is 5.56 Å². The van der Waals surface area contributed by atoms with Crippen LogP contribution in [0.1, 0.15) is 37.9 Å². The van der Waals surface area contributed by atoms with Crippen LogP contribution in [0.4, 0.5) is 0 Å². The van der Waals surface area contributed by atoms with Gasteiger partial charge in [-0.05, 0) is 18.6 Å². The maximum atomic E-state index is 12.9. The predicted octanol–water partition coefficient (Wildman–Crippen LogP) is 3.89. The number of rotatable bonds is 7. The number of esters is 1. The summed E-state index contributed by atoms with van der Waals surface area (Å²) in [6, 6.07) is 24.6. The monoisotopic (exact) mass is 387 g/mol. The van der Waals surface area contributed by atoms with E-state index < -0.39 is 12.1 Å². The van der Waals surface area contributed by atoms with E-state index in [1.54, 1.807) is 66.7 Å². The highest BCUT2D eigenvalue weighted by atomic mass is 16.5. The zero-order valence-electron chi connectivity index (χ0n) is 16.0. The lowest BCUT2D eigenvalue weighted by atomic mass is 10.00. The molecule has 146 valence electrons. The molecular formula is C24H21NO4. The minimum absolute atomic E-state index is 0.324. The molecule has 0 aliphatic heterocycles. The summed E-state index contributed by atoms with van der Waals surface area (Å²) in [5.74, 6) is -1.38. The number of carbonyl (C=O) groups excluding carboxylic acids is 3. The lowest BCUT2D eigenvalue weighted by Gasteiger charge is -2.18. The van der Waals surface area contributed by atoms with Crippen LogP contribution >= 0.6 is 0 Å². The van der Waals surface area contributed by atoms with Crippen molar-refractivity contribution in [2.45, 2.75) is 13.0 Å². The van der Waals surface area contributed by atoms with Gasteiger partial charge < -0.3 is 10.1 Å². The maximum Gasteiger partial charge on any atom is 0.326 e. The van der Waals surface area contributed by atoms with Crippen LogP contribution < -0.4 is 5.32 Å². The third kappa shape index (κ3) is 5.17. The van der Waals surface area contributed by atoms with Crippen LogP contribution in [0.2, 0.25) is 0 Å². The average molecular weight is 387 g/mol. The van der Waals surface area contributed by atoms with Gasteiger partial charge in [0.05, 0.1) is 0 Å². The number of ether oxygens (including phenoxy) is 1. The first-order valence-corrected chi connectivity index (χ1v) is 9.24. The van der Waals surface area contributed by atoms with E-state index in [-0.39, 0.29) is 18.2 Å². The smallest absolute Gasteiger partial charge is 0.326 e. The molecule has 0 spiro atoms. The van der Waals surface area contributed by atoms with E-state index in [2.05, 4.69) is 5.32 Å². The zero-order chi connectivity index (χ0) is 20.6. The van der Waals surface area contributed by atoms with Gasteiger partial charge in [0.1, 0.15) is 6.54 Å². The lowest BCUT2D eigenvalue weighted by Crippen LogP contribution is -2.32. The van der Waals surface area contributed by atoms with Gasteiger partial charge in [0.15, 0.2) is 6.10 Å². The van der Waals surface area contributed by atoms with Gasteiger partial charge in [-0.3, -0.25) is 14.4 Å². The molecule has 3 aromatic rings. The van der Waals surface area contributed by atoms with Crippen molar-refractivity contribution in [1.29, 1.82) is 0 Å². The SMILES string of the molecule is Cc1ccccc1C(=O)NCC(=O)OC(C(=O)c1ccccc1)c1ccccc1. The Bertz CT molecular complexity index is 1000. The second-order valence-electron chi connectivity index (χ2n) is 6.51. The Labute approximate surface area is 169 Å². The van der Waals surface area contributed by atoms with Crippen LogP contribution in [0, 0.1) is 6.92 Å². The van der Waals surface area contributed by atoms with Gasteiger partial charge >= 0.3 is 5.97 Å². The molecule has 0 bridgehead atoms. The molecule has 1 unspecified atom stereocenters. The van der Waals surface area contributed by atoms with Crippen molar-refractivity contribution in [3.05, 3.63) is 107 Å². The topological polar surface area (TPSA) is 72.5 Å². The van der Waals surface area contributed by atoms with Crippen LogP contribution in [0.25, 0.3) is 0 Å². The summed E-state index contributed by atoms with van der Waals surface area (Å²) in [5.41, 5.74) is 2.30. The van der Waals surface area contributed by atoms with Crippen molar-refractivity contribution < 1.29 is 19.1 Å². The third-order valence-electron chi connectivity index (χ3n) is 4.43. The van der Waals surface area contributed by atoms with Crippen LogP contribution in [0.5, 0.6) is 0 Å². The molecule has 1 amide bonds. The quantitative estimate of drug-likeness (QED) is 0.493. The molecule has 5 nitrogen and oxygen atoms in total. The normalized spacial score (nSPS) is 11.3. The number of hydrogen-bond acceptors (Lipinski definition) is 4. The molecule has 1 N–H and O–H groups in total. The Morgan fingerprint density at radius 1 is 0.828 bits per heavy atom. The Morgan fingerprint density at radius 3 is 2.07 bits per heavy atom. The molecule has 0 saturated carbocycles. The number of carbonyl (C=O) groups is 3. The van der Waals surface area contributed by atoms with Gasteiger partial charge in [-0.1, -0.05) is 78.9 Å². The molecular weight excluding hydrogens is 366 g/mol. The standard InChI is InChI=1S/C24H21NO4/c1-17-10-8-9-15-20(17)24(28)25-16-21(26)29-23(19-13-6-3-7-14-19)22(27)18-11-4-2-5-12-18/h2-15,23H,16H2,1H3,(H,25,28). The van der Waals surface area contributed by atoms with E-state index in [1.807, 2.05) is 25.1 Å². The van der Waals surface area contributed by atoms with Gasteiger partial charge in [0, 0.05) is 16.7 Å². The maximum absolute atomic E-state index is 12.9. The fourth-order valence-corrected chi connectivity index (χ4v) is 2.90. The van der Waals surface area contributed by atoms with Crippen LogP contribution in [0.3, 0.4) is 0 Å². The van der Waals surface area contributed by atoms with E-state index in [4.69, 9.17) is 4.74 Å². The molecule has 0 saturated heterocycles. The van der Waals surface area contributed by atoms with Crippen molar-refractivity contribution in [2.75, 3.05) is 6.54 Å². The summed E-state index contributed by atoms with van der Waals surface area (Å²) >= 11 is 0. The first-order chi connectivity index (χ1) is 14.1. The highest BCUT2D eigenvalue weighted by Gasteiger charge is 2.26. The van der Waals surface area contributed by atoms with Gasteiger partial charge in [0.2, 0.25) is 5.78 Å². The van der Waals surface area contributed by atoms with Crippen molar-refractivity contribution >= 4 is 17.7 Å². The summed E-state index contributed by atoms with van der Waals surface area (Å²) in [6.07, 6.45) is -1.08. The molecule has 3 rings (SSSR count). The van der Waals surface area contributed by atoms with Gasteiger partial charge in [-0.25, -0.2) is 0 Å². The molecule has 3 aromatic carbocycles. The van der Waals surface area contributed by atoms with Crippen LogP contribution in [0.15, 0.2) is 84.9 Å². The number of ketones is 1. The minimum Gasteiger partial charge on any atom is -0.448 e. The van der Waals surface area contributed by atoms with E-state index in [0.29, 0.717) is 16.7 Å². The Balaban J connectivity index is 1.71. The first-order valence-electron chi connectivity index (χ1n) is 9.24. The number of amides is 1. The third-order valence-corrected chi connectivity index (χ3v) is 4.43. The minimum atomic E-state index is -1.08. The Hall–Kier alpha value is -3.73. The molecule has 29 heavy (non-hydrogen) atoms. The molecule has 1 atom stereocenters. The van der Waals surface area contributed by atoms with Gasteiger partial charge in [-0.2, -0.15) is 0 Å². The van der Waals surface area contributed by atoms with Crippen molar-refractivity contribution in [3.63, 3.8) is 0 Å². The molecule has 0 heterocycles. The molecule has 5 heteroatoms. The molecule has 0 fully saturated rings. The van der Waals surface area contributed by atoms with Crippen LogP contribution in [-0.2, 0) is 9.53 Å². The summed E-state index contributed by atoms with van der Waals surface area (Å²) in [5, 5.41) is 2.55. The van der Waals surface area contributed by atoms with Crippen molar-refractivity contribution in [2.24, 2.45) is 0 Å². The average Bonchev–Trinajstić information content (AvgIpc) is 2.77. The van der Waals surface area contributed by atoms with E-state index in [1.165, 1.54) is 0 Å². The molecule has 0 aromatic heterocycles.